The number of fused-ring (bicyclic) bond motifs is 1. The van der Waals surface area contributed by atoms with Gasteiger partial charge in [-0.2, -0.15) is 0 Å². The highest BCUT2D eigenvalue weighted by molar-refractivity contribution is 7.98. The summed E-state index contributed by atoms with van der Waals surface area (Å²) in [6, 6.07) is 25.1. The molecule has 158 valence electrons. The van der Waals surface area contributed by atoms with Crippen molar-refractivity contribution in [2.24, 2.45) is 0 Å². The van der Waals surface area contributed by atoms with Crippen molar-refractivity contribution in [1.82, 2.24) is 9.55 Å². The number of thioether (sulfide) groups is 1. The Morgan fingerprint density at radius 1 is 0.906 bits per heavy atom. The van der Waals surface area contributed by atoms with Gasteiger partial charge in [-0.1, -0.05) is 89.6 Å². The van der Waals surface area contributed by atoms with Crippen LogP contribution in [0.25, 0.3) is 27.0 Å². The molecule has 0 fully saturated rings. The average molecular weight is 495 g/mol. The number of hydrogen-bond acceptors (Lipinski definition) is 4. The summed E-state index contributed by atoms with van der Waals surface area (Å²) < 4.78 is 1.70. The Morgan fingerprint density at radius 3 is 2.34 bits per heavy atom. The molecule has 0 bridgehead atoms. The lowest BCUT2D eigenvalue weighted by Crippen LogP contribution is -2.21. The molecule has 0 amide bonds. The van der Waals surface area contributed by atoms with Crippen LogP contribution in [-0.4, -0.2) is 9.55 Å². The van der Waals surface area contributed by atoms with E-state index in [0.717, 1.165) is 27.2 Å². The van der Waals surface area contributed by atoms with Crippen LogP contribution in [0.3, 0.4) is 0 Å². The quantitative estimate of drug-likeness (QED) is 0.185. The molecular formula is C25H16Cl2N2OS2. The molecule has 0 aliphatic heterocycles. The normalized spacial score (nSPS) is 11.2. The van der Waals surface area contributed by atoms with E-state index in [9.17, 15) is 4.79 Å². The van der Waals surface area contributed by atoms with Gasteiger partial charge in [0.05, 0.1) is 21.1 Å². The Kier molecular flexibility index (Phi) is 6.07. The van der Waals surface area contributed by atoms with Crippen LogP contribution in [0.15, 0.2) is 94.2 Å². The smallest absolute Gasteiger partial charge is 0.268 e. The lowest BCUT2D eigenvalue weighted by molar-refractivity contribution is 0.822. The highest BCUT2D eigenvalue weighted by atomic mass is 35.5. The number of hydrogen-bond donors (Lipinski definition) is 0. The van der Waals surface area contributed by atoms with E-state index in [1.807, 2.05) is 78.2 Å². The van der Waals surface area contributed by atoms with Crippen LogP contribution < -0.4 is 5.56 Å². The van der Waals surface area contributed by atoms with Gasteiger partial charge >= 0.3 is 0 Å². The number of rotatable bonds is 5. The first-order valence-corrected chi connectivity index (χ1v) is 12.5. The van der Waals surface area contributed by atoms with Crippen LogP contribution in [0.4, 0.5) is 0 Å². The summed E-state index contributed by atoms with van der Waals surface area (Å²) in [4.78, 5) is 19.4. The number of benzene rings is 3. The second-order valence-corrected chi connectivity index (χ2v) is 9.72. The topological polar surface area (TPSA) is 34.9 Å². The van der Waals surface area contributed by atoms with E-state index in [-0.39, 0.29) is 5.56 Å². The zero-order valence-corrected chi connectivity index (χ0v) is 19.8. The monoisotopic (exact) mass is 494 g/mol. The zero-order valence-electron chi connectivity index (χ0n) is 16.7. The summed E-state index contributed by atoms with van der Waals surface area (Å²) in [7, 11) is 0. The summed E-state index contributed by atoms with van der Waals surface area (Å²) in [5.41, 5.74) is 3.64. The first-order valence-electron chi connectivity index (χ1n) is 9.83. The highest BCUT2D eigenvalue weighted by Crippen LogP contribution is 2.34. The minimum atomic E-state index is -0.0714. The standard InChI is InChI=1S/C25H16Cl2N2OS2/c26-20-12-11-16(13-21(20)27)14-32-25-28-23-22(19(15-31-23)17-7-3-1-4-8-17)24(30)29(25)18-9-5-2-6-10-18/h1-13,15H,14H2. The molecular weight excluding hydrogens is 479 g/mol. The maximum Gasteiger partial charge on any atom is 0.268 e. The fraction of sp³-hybridized carbons (Fsp3) is 0.0400. The molecule has 3 nitrogen and oxygen atoms in total. The lowest BCUT2D eigenvalue weighted by atomic mass is 10.1. The van der Waals surface area contributed by atoms with E-state index in [4.69, 9.17) is 28.2 Å². The molecule has 2 heterocycles. The number of aromatic nitrogens is 2. The maximum atomic E-state index is 13.8. The average Bonchev–Trinajstić information content (AvgIpc) is 3.25. The Balaban J connectivity index is 1.65. The van der Waals surface area contributed by atoms with Crippen molar-refractivity contribution in [2.45, 2.75) is 10.9 Å². The van der Waals surface area contributed by atoms with Crippen molar-refractivity contribution in [3.8, 4) is 16.8 Å². The molecule has 0 aliphatic rings. The predicted molar refractivity (Wildman–Crippen MR) is 137 cm³/mol. The van der Waals surface area contributed by atoms with Gasteiger partial charge in [0.2, 0.25) is 0 Å². The largest absolute Gasteiger partial charge is 0.268 e. The number of nitrogens with zero attached hydrogens (tertiary/aromatic N) is 2. The van der Waals surface area contributed by atoms with Crippen molar-refractivity contribution in [3.63, 3.8) is 0 Å². The van der Waals surface area contributed by atoms with Crippen molar-refractivity contribution >= 4 is 56.5 Å². The van der Waals surface area contributed by atoms with E-state index in [1.54, 1.807) is 10.6 Å². The number of thiophene rings is 1. The van der Waals surface area contributed by atoms with Crippen LogP contribution in [0.2, 0.25) is 10.0 Å². The fourth-order valence-electron chi connectivity index (χ4n) is 3.48. The summed E-state index contributed by atoms with van der Waals surface area (Å²) in [6.07, 6.45) is 0. The molecule has 0 atom stereocenters. The van der Waals surface area contributed by atoms with Crippen LogP contribution >= 0.6 is 46.3 Å². The van der Waals surface area contributed by atoms with Crippen molar-refractivity contribution in [1.29, 1.82) is 0 Å². The summed E-state index contributed by atoms with van der Waals surface area (Å²) in [5.74, 6) is 0.610. The molecule has 0 saturated carbocycles. The number of halogens is 2. The van der Waals surface area contributed by atoms with Crippen molar-refractivity contribution in [3.05, 3.63) is 110 Å². The molecule has 0 unspecified atom stereocenters. The van der Waals surface area contributed by atoms with E-state index < -0.39 is 0 Å². The van der Waals surface area contributed by atoms with Gasteiger partial charge in [-0.05, 0) is 35.4 Å². The van der Waals surface area contributed by atoms with Gasteiger partial charge in [0.15, 0.2) is 5.16 Å². The second kappa shape index (κ2) is 9.12. The molecule has 3 aromatic carbocycles. The summed E-state index contributed by atoms with van der Waals surface area (Å²) in [6.45, 7) is 0. The minimum absolute atomic E-state index is 0.0714. The second-order valence-electron chi connectivity index (χ2n) is 7.10. The molecule has 5 rings (SSSR count). The van der Waals surface area contributed by atoms with Crippen LogP contribution in [0, 0.1) is 0 Å². The van der Waals surface area contributed by atoms with Gasteiger partial charge in [0.1, 0.15) is 4.83 Å². The van der Waals surface area contributed by atoms with Crippen molar-refractivity contribution in [2.75, 3.05) is 0 Å². The summed E-state index contributed by atoms with van der Waals surface area (Å²) >= 11 is 15.2. The first kappa shape index (κ1) is 21.3. The Bertz CT molecular complexity index is 1460. The molecule has 0 N–H and O–H groups in total. The molecule has 2 aromatic heterocycles. The van der Waals surface area contributed by atoms with Crippen molar-refractivity contribution < 1.29 is 0 Å². The number of para-hydroxylation sites is 1. The molecule has 0 saturated heterocycles. The van der Waals surface area contributed by atoms with Gasteiger partial charge in [-0.25, -0.2) is 4.98 Å². The van der Waals surface area contributed by atoms with Crippen LogP contribution in [-0.2, 0) is 5.75 Å². The lowest BCUT2D eigenvalue weighted by Gasteiger charge is -2.13. The van der Waals surface area contributed by atoms with Crippen LogP contribution in [0.5, 0.6) is 0 Å². The van der Waals surface area contributed by atoms with Gasteiger partial charge < -0.3 is 0 Å². The van der Waals surface area contributed by atoms with Gasteiger partial charge in [0.25, 0.3) is 5.56 Å². The molecule has 5 aromatic rings. The first-order chi connectivity index (χ1) is 15.6. The predicted octanol–water partition coefficient (Wildman–Crippen LogP) is 7.71. The van der Waals surface area contributed by atoms with Gasteiger partial charge in [0, 0.05) is 16.7 Å². The maximum absolute atomic E-state index is 13.8. The Hall–Kier alpha value is -2.57. The molecule has 0 spiro atoms. The Morgan fingerprint density at radius 2 is 1.62 bits per heavy atom. The third-order valence-corrected chi connectivity index (χ3v) is 7.65. The molecule has 0 aliphatic carbocycles. The van der Waals surface area contributed by atoms with E-state index in [1.165, 1.54) is 23.1 Å². The Labute approximate surface area is 203 Å². The third kappa shape index (κ3) is 4.09. The van der Waals surface area contributed by atoms with E-state index in [0.29, 0.717) is 26.3 Å². The minimum Gasteiger partial charge on any atom is -0.268 e. The summed E-state index contributed by atoms with van der Waals surface area (Å²) in [5, 5.41) is 4.33. The fourth-order valence-corrected chi connectivity index (χ4v) is 5.75. The SMILES string of the molecule is O=c1c2c(-c3ccccc3)csc2nc(SCc2ccc(Cl)c(Cl)c2)n1-c1ccccc1. The van der Waals surface area contributed by atoms with E-state index >= 15 is 0 Å². The third-order valence-electron chi connectivity index (χ3n) is 5.03. The molecule has 7 heteroatoms. The molecule has 32 heavy (non-hydrogen) atoms. The van der Waals surface area contributed by atoms with Gasteiger partial charge in [-0.15, -0.1) is 11.3 Å². The molecule has 0 radical (unpaired) electrons. The van der Waals surface area contributed by atoms with Crippen LogP contribution in [0.1, 0.15) is 5.56 Å². The zero-order chi connectivity index (χ0) is 22.1. The highest BCUT2D eigenvalue weighted by Gasteiger charge is 2.18. The van der Waals surface area contributed by atoms with E-state index in [2.05, 4.69) is 0 Å². The van der Waals surface area contributed by atoms with Gasteiger partial charge in [-0.3, -0.25) is 9.36 Å².